The Hall–Kier alpha value is -2.26. The molecule has 6 heteroatoms. The molecule has 1 aliphatic rings. The summed E-state index contributed by atoms with van der Waals surface area (Å²) in [7, 11) is 1.77. The highest BCUT2D eigenvalue weighted by Crippen LogP contribution is 2.33. The van der Waals surface area contributed by atoms with E-state index in [1.807, 2.05) is 10.8 Å². The maximum Gasteiger partial charge on any atom is 0.234 e. The molecule has 0 aliphatic heterocycles. The van der Waals surface area contributed by atoms with Gasteiger partial charge < -0.3 is 4.90 Å². The Bertz CT molecular complexity index is 861. The topological polar surface area (TPSA) is 61.9 Å². The maximum absolute atomic E-state index is 12.8. The van der Waals surface area contributed by atoms with Gasteiger partial charge in [0.25, 0.3) is 0 Å². The summed E-state index contributed by atoms with van der Waals surface area (Å²) in [5.41, 5.74) is 2.87. The third-order valence-electron chi connectivity index (χ3n) is 5.61. The monoisotopic (exact) mass is 382 g/mol. The zero-order chi connectivity index (χ0) is 19.4. The van der Waals surface area contributed by atoms with E-state index < -0.39 is 5.54 Å². The Morgan fingerprint density at radius 3 is 2.70 bits per heavy atom. The Morgan fingerprint density at radius 2 is 2.04 bits per heavy atom. The van der Waals surface area contributed by atoms with E-state index in [2.05, 4.69) is 43.1 Å². The van der Waals surface area contributed by atoms with E-state index in [4.69, 9.17) is 0 Å². The summed E-state index contributed by atoms with van der Waals surface area (Å²) in [6, 6.07) is 8.70. The van der Waals surface area contributed by atoms with Crippen molar-refractivity contribution in [1.29, 1.82) is 5.26 Å². The van der Waals surface area contributed by atoms with Crippen LogP contribution in [0.5, 0.6) is 0 Å². The molecule has 1 aliphatic carbocycles. The molecular formula is C21H26N4OS. The summed E-state index contributed by atoms with van der Waals surface area (Å²) < 4.78 is 2.01. The Balaban J connectivity index is 1.70. The molecule has 1 heterocycles. The molecule has 0 atom stereocenters. The van der Waals surface area contributed by atoms with Crippen molar-refractivity contribution in [3.8, 4) is 11.8 Å². The first-order chi connectivity index (χ1) is 13.0. The number of nitriles is 1. The van der Waals surface area contributed by atoms with Gasteiger partial charge in [0.1, 0.15) is 5.54 Å². The van der Waals surface area contributed by atoms with Gasteiger partial charge in [-0.1, -0.05) is 37.1 Å². The molecule has 0 spiro atoms. The number of hydrogen-bond donors (Lipinski definition) is 0. The highest BCUT2D eigenvalue weighted by Gasteiger charge is 2.38. The molecule has 142 valence electrons. The number of nitrogens with zero attached hydrogens (tertiary/aromatic N) is 4. The SMILES string of the molecule is Cc1ccc(-n2ccnc2SCC(=O)N(C)C2(C#N)CCCCC2)cc1C. The van der Waals surface area contributed by atoms with Crippen LogP contribution >= 0.6 is 11.8 Å². The molecule has 1 fully saturated rings. The Kier molecular flexibility index (Phi) is 5.91. The van der Waals surface area contributed by atoms with Crippen molar-refractivity contribution in [2.45, 2.75) is 56.6 Å². The number of rotatable bonds is 5. The van der Waals surface area contributed by atoms with Crippen molar-refractivity contribution in [2.75, 3.05) is 12.8 Å². The lowest BCUT2D eigenvalue weighted by atomic mass is 9.81. The first-order valence-electron chi connectivity index (χ1n) is 9.38. The molecule has 1 aromatic heterocycles. The fraction of sp³-hybridized carbons (Fsp3) is 0.476. The van der Waals surface area contributed by atoms with Crippen molar-refractivity contribution in [2.24, 2.45) is 0 Å². The summed E-state index contributed by atoms with van der Waals surface area (Å²) >= 11 is 1.42. The van der Waals surface area contributed by atoms with E-state index in [0.717, 1.165) is 42.9 Å². The number of carbonyl (C=O) groups excluding carboxylic acids is 1. The molecule has 0 N–H and O–H groups in total. The molecule has 0 bridgehead atoms. The molecule has 0 radical (unpaired) electrons. The molecule has 0 unspecified atom stereocenters. The van der Waals surface area contributed by atoms with Gasteiger partial charge in [-0.2, -0.15) is 5.26 Å². The second-order valence-corrected chi connectivity index (χ2v) is 8.24. The number of imidazole rings is 1. The summed E-state index contributed by atoms with van der Waals surface area (Å²) in [6.07, 6.45) is 8.38. The van der Waals surface area contributed by atoms with Crippen molar-refractivity contribution in [3.05, 3.63) is 41.7 Å². The van der Waals surface area contributed by atoms with E-state index in [1.165, 1.54) is 22.9 Å². The number of aromatic nitrogens is 2. The minimum absolute atomic E-state index is 0.0157. The lowest BCUT2D eigenvalue weighted by Crippen LogP contribution is -2.50. The van der Waals surface area contributed by atoms with Crippen molar-refractivity contribution in [1.82, 2.24) is 14.5 Å². The van der Waals surface area contributed by atoms with Crippen LogP contribution in [0.1, 0.15) is 43.2 Å². The molecular weight excluding hydrogens is 356 g/mol. The van der Waals surface area contributed by atoms with Crippen LogP contribution in [0.2, 0.25) is 0 Å². The predicted octanol–water partition coefficient (Wildman–Crippen LogP) is 4.27. The quantitative estimate of drug-likeness (QED) is 0.725. The predicted molar refractivity (Wildman–Crippen MR) is 108 cm³/mol. The number of hydrogen-bond acceptors (Lipinski definition) is 4. The van der Waals surface area contributed by atoms with Gasteiger partial charge in [0, 0.05) is 25.1 Å². The molecule has 27 heavy (non-hydrogen) atoms. The minimum Gasteiger partial charge on any atom is -0.326 e. The van der Waals surface area contributed by atoms with E-state index in [1.54, 1.807) is 18.1 Å². The van der Waals surface area contributed by atoms with E-state index in [0.29, 0.717) is 0 Å². The molecule has 1 aromatic carbocycles. The van der Waals surface area contributed by atoms with Gasteiger partial charge in [0.05, 0.1) is 11.8 Å². The maximum atomic E-state index is 12.8. The van der Waals surface area contributed by atoms with E-state index >= 15 is 0 Å². The second-order valence-electron chi connectivity index (χ2n) is 7.29. The zero-order valence-electron chi connectivity index (χ0n) is 16.2. The van der Waals surface area contributed by atoms with Crippen LogP contribution in [0.3, 0.4) is 0 Å². The van der Waals surface area contributed by atoms with Gasteiger partial charge in [-0.15, -0.1) is 0 Å². The van der Waals surface area contributed by atoms with E-state index in [-0.39, 0.29) is 11.7 Å². The summed E-state index contributed by atoms with van der Waals surface area (Å²) in [4.78, 5) is 18.9. The first-order valence-corrected chi connectivity index (χ1v) is 10.4. The summed E-state index contributed by atoms with van der Waals surface area (Å²) in [5.74, 6) is 0.264. The normalized spacial score (nSPS) is 15.9. The fourth-order valence-electron chi connectivity index (χ4n) is 3.59. The van der Waals surface area contributed by atoms with Gasteiger partial charge in [0.2, 0.25) is 5.91 Å². The van der Waals surface area contributed by atoms with Crippen molar-refractivity contribution >= 4 is 17.7 Å². The summed E-state index contributed by atoms with van der Waals surface area (Å²) in [5, 5.41) is 10.5. The van der Waals surface area contributed by atoms with Crippen LogP contribution in [0.25, 0.3) is 5.69 Å². The third kappa shape index (κ3) is 4.03. The number of thioether (sulfide) groups is 1. The molecule has 3 rings (SSSR count). The zero-order valence-corrected chi connectivity index (χ0v) is 17.1. The Labute approximate surface area is 165 Å². The van der Waals surface area contributed by atoms with E-state index in [9.17, 15) is 10.1 Å². The average Bonchev–Trinajstić information content (AvgIpc) is 3.16. The number of benzene rings is 1. The lowest BCUT2D eigenvalue weighted by molar-refractivity contribution is -0.131. The highest BCUT2D eigenvalue weighted by molar-refractivity contribution is 7.99. The molecule has 1 saturated carbocycles. The molecule has 2 aromatic rings. The molecule has 0 saturated heterocycles. The minimum atomic E-state index is -0.639. The average molecular weight is 383 g/mol. The van der Waals surface area contributed by atoms with Crippen LogP contribution in [-0.4, -0.2) is 38.7 Å². The smallest absolute Gasteiger partial charge is 0.234 e. The van der Waals surface area contributed by atoms with Crippen LogP contribution in [0, 0.1) is 25.2 Å². The van der Waals surface area contributed by atoms with Crippen molar-refractivity contribution in [3.63, 3.8) is 0 Å². The van der Waals surface area contributed by atoms with Gasteiger partial charge in [0.15, 0.2) is 5.16 Å². The van der Waals surface area contributed by atoms with Gasteiger partial charge in [-0.3, -0.25) is 9.36 Å². The third-order valence-corrected chi connectivity index (χ3v) is 6.56. The number of amides is 1. The summed E-state index contributed by atoms with van der Waals surface area (Å²) in [6.45, 7) is 4.18. The fourth-order valence-corrected chi connectivity index (χ4v) is 4.48. The molecule has 1 amide bonds. The van der Waals surface area contributed by atoms with Gasteiger partial charge in [-0.05, 0) is 49.9 Å². The van der Waals surface area contributed by atoms with Crippen LogP contribution < -0.4 is 0 Å². The van der Waals surface area contributed by atoms with Gasteiger partial charge in [-0.25, -0.2) is 4.98 Å². The highest BCUT2D eigenvalue weighted by atomic mass is 32.2. The standard InChI is InChI=1S/C21H26N4OS/c1-16-7-8-18(13-17(16)2)25-12-11-23-20(25)27-14-19(26)24(3)21(15-22)9-5-4-6-10-21/h7-8,11-13H,4-6,9-10,14H2,1-3H3. The number of carbonyl (C=O) groups is 1. The first kappa shape index (κ1) is 19.5. The second kappa shape index (κ2) is 8.18. The van der Waals surface area contributed by atoms with Crippen LogP contribution in [0.4, 0.5) is 0 Å². The molecule has 5 nitrogen and oxygen atoms in total. The van der Waals surface area contributed by atoms with Crippen molar-refractivity contribution < 1.29 is 4.79 Å². The largest absolute Gasteiger partial charge is 0.326 e. The Morgan fingerprint density at radius 1 is 1.30 bits per heavy atom. The van der Waals surface area contributed by atoms with Crippen LogP contribution in [0.15, 0.2) is 35.7 Å². The van der Waals surface area contributed by atoms with Gasteiger partial charge >= 0.3 is 0 Å². The lowest BCUT2D eigenvalue weighted by Gasteiger charge is -2.39. The van der Waals surface area contributed by atoms with Crippen LogP contribution in [-0.2, 0) is 4.79 Å². The number of aryl methyl sites for hydroxylation is 2.